The Morgan fingerprint density at radius 1 is 1.20 bits per heavy atom. The molecule has 0 heterocycles. The predicted molar refractivity (Wildman–Crippen MR) is 80.5 cm³/mol. The number of ether oxygens (including phenoxy) is 1. The van der Waals surface area contributed by atoms with E-state index in [1.807, 2.05) is 18.2 Å². The number of rotatable bonds is 4. The maximum Gasteiger partial charge on any atom is 0.185 e. The molecule has 2 aromatic carbocycles. The zero-order valence-corrected chi connectivity index (χ0v) is 12.4. The third kappa shape index (κ3) is 3.54. The topological polar surface area (TPSA) is 26.3 Å². The minimum atomic E-state index is -0.362. The summed E-state index contributed by atoms with van der Waals surface area (Å²) in [4.78, 5) is 12.0. The Bertz CT molecular complexity index is 648. The number of carbonyl (C=O) groups excluding carboxylic acids is 1. The third-order valence-electron chi connectivity index (χ3n) is 2.73. The molecule has 4 heteroatoms. The average Bonchev–Trinajstić information content (AvgIpc) is 2.45. The summed E-state index contributed by atoms with van der Waals surface area (Å²) in [6.07, 6.45) is 3.12. The van der Waals surface area contributed by atoms with Gasteiger partial charge in [-0.15, -0.1) is 0 Å². The molecule has 0 fully saturated rings. The van der Waals surface area contributed by atoms with E-state index in [-0.39, 0.29) is 11.6 Å². The zero-order valence-electron chi connectivity index (χ0n) is 10.8. The Balaban J connectivity index is 2.22. The molecule has 0 saturated carbocycles. The summed E-state index contributed by atoms with van der Waals surface area (Å²) in [5.74, 6) is 0.127. The van der Waals surface area contributed by atoms with Crippen molar-refractivity contribution in [2.75, 3.05) is 7.11 Å². The maximum absolute atomic E-state index is 12.8. The van der Waals surface area contributed by atoms with E-state index in [0.29, 0.717) is 11.3 Å². The van der Waals surface area contributed by atoms with Gasteiger partial charge in [-0.25, -0.2) is 4.39 Å². The van der Waals surface area contributed by atoms with Crippen molar-refractivity contribution in [1.82, 2.24) is 0 Å². The normalized spacial score (nSPS) is 10.8. The predicted octanol–water partition coefficient (Wildman–Crippen LogP) is 4.49. The van der Waals surface area contributed by atoms with Crippen LogP contribution in [0, 0.1) is 5.82 Å². The van der Waals surface area contributed by atoms with Gasteiger partial charge in [0, 0.05) is 15.6 Å². The van der Waals surface area contributed by atoms with Crippen molar-refractivity contribution in [1.29, 1.82) is 0 Å². The van der Waals surface area contributed by atoms with Gasteiger partial charge in [-0.05, 0) is 54.6 Å². The lowest BCUT2D eigenvalue weighted by molar-refractivity contribution is 0.104. The molecule has 0 aromatic heterocycles. The van der Waals surface area contributed by atoms with Crippen molar-refractivity contribution >= 4 is 27.8 Å². The van der Waals surface area contributed by atoms with Crippen LogP contribution in [0.5, 0.6) is 5.75 Å². The molecule has 2 rings (SSSR count). The van der Waals surface area contributed by atoms with Crippen LogP contribution in [0.1, 0.15) is 15.9 Å². The van der Waals surface area contributed by atoms with Crippen LogP contribution in [0.25, 0.3) is 6.08 Å². The molecule has 102 valence electrons. The second kappa shape index (κ2) is 6.48. The van der Waals surface area contributed by atoms with E-state index < -0.39 is 0 Å². The third-order valence-corrected chi connectivity index (χ3v) is 3.23. The van der Waals surface area contributed by atoms with Gasteiger partial charge in [0.05, 0.1) is 7.11 Å². The number of methoxy groups -OCH3 is 1. The highest BCUT2D eigenvalue weighted by molar-refractivity contribution is 9.10. The lowest BCUT2D eigenvalue weighted by Crippen LogP contribution is -1.94. The first kappa shape index (κ1) is 14.5. The van der Waals surface area contributed by atoms with E-state index in [1.54, 1.807) is 13.2 Å². The van der Waals surface area contributed by atoms with Crippen molar-refractivity contribution in [3.8, 4) is 5.75 Å². The molecule has 0 spiro atoms. The van der Waals surface area contributed by atoms with Crippen LogP contribution < -0.4 is 4.74 Å². The number of hydrogen-bond donors (Lipinski definition) is 0. The fourth-order valence-corrected chi connectivity index (χ4v) is 2.09. The molecular weight excluding hydrogens is 323 g/mol. The molecule has 0 N–H and O–H groups in total. The Labute approximate surface area is 125 Å². The number of allylic oxidation sites excluding steroid dienone is 1. The summed E-state index contributed by atoms with van der Waals surface area (Å²) < 4.78 is 18.9. The molecule has 0 aliphatic rings. The summed E-state index contributed by atoms with van der Waals surface area (Å²) in [5.41, 5.74) is 1.23. The lowest BCUT2D eigenvalue weighted by atomic mass is 10.1. The summed E-state index contributed by atoms with van der Waals surface area (Å²) in [7, 11) is 1.57. The van der Waals surface area contributed by atoms with Gasteiger partial charge in [-0.3, -0.25) is 4.79 Å². The lowest BCUT2D eigenvalue weighted by Gasteiger charge is -2.04. The number of carbonyl (C=O) groups is 1. The molecule has 2 nitrogen and oxygen atoms in total. The molecule has 0 aliphatic heterocycles. The summed E-state index contributed by atoms with van der Waals surface area (Å²) in [6.45, 7) is 0. The van der Waals surface area contributed by atoms with Crippen molar-refractivity contribution in [3.63, 3.8) is 0 Å². The largest absolute Gasteiger partial charge is 0.496 e. The summed E-state index contributed by atoms with van der Waals surface area (Å²) >= 11 is 3.37. The van der Waals surface area contributed by atoms with Gasteiger partial charge in [-0.1, -0.05) is 15.9 Å². The monoisotopic (exact) mass is 334 g/mol. The molecular formula is C16H12BrFO2. The van der Waals surface area contributed by atoms with Gasteiger partial charge in [-0.2, -0.15) is 0 Å². The first-order valence-corrected chi connectivity index (χ1v) is 6.71. The van der Waals surface area contributed by atoms with E-state index >= 15 is 0 Å². The highest BCUT2D eigenvalue weighted by atomic mass is 79.9. The Hall–Kier alpha value is -1.94. The molecule has 0 radical (unpaired) electrons. The second-order valence-electron chi connectivity index (χ2n) is 4.09. The van der Waals surface area contributed by atoms with Crippen LogP contribution in [-0.4, -0.2) is 12.9 Å². The first-order chi connectivity index (χ1) is 9.60. The molecule has 20 heavy (non-hydrogen) atoms. The van der Waals surface area contributed by atoms with E-state index in [9.17, 15) is 9.18 Å². The van der Waals surface area contributed by atoms with Gasteiger partial charge >= 0.3 is 0 Å². The van der Waals surface area contributed by atoms with Gasteiger partial charge in [0.2, 0.25) is 0 Å². The smallest absolute Gasteiger partial charge is 0.185 e. The minimum Gasteiger partial charge on any atom is -0.496 e. The number of benzene rings is 2. The van der Waals surface area contributed by atoms with Crippen molar-refractivity contribution in [2.24, 2.45) is 0 Å². The molecule has 0 aliphatic carbocycles. The van der Waals surface area contributed by atoms with Gasteiger partial charge < -0.3 is 4.74 Å². The van der Waals surface area contributed by atoms with Crippen LogP contribution >= 0.6 is 15.9 Å². The summed E-state index contributed by atoms with van der Waals surface area (Å²) in [6, 6.07) is 11.0. The minimum absolute atomic E-state index is 0.188. The molecule has 0 unspecified atom stereocenters. The molecule has 0 amide bonds. The van der Waals surface area contributed by atoms with Crippen LogP contribution in [0.15, 0.2) is 53.0 Å². The number of hydrogen-bond acceptors (Lipinski definition) is 2. The van der Waals surface area contributed by atoms with E-state index in [1.165, 1.54) is 30.3 Å². The van der Waals surface area contributed by atoms with Crippen LogP contribution in [0.3, 0.4) is 0 Å². The van der Waals surface area contributed by atoms with Crippen LogP contribution in [0.2, 0.25) is 0 Å². The molecule has 0 atom stereocenters. The van der Waals surface area contributed by atoms with Gasteiger partial charge in [0.25, 0.3) is 0 Å². The van der Waals surface area contributed by atoms with E-state index in [2.05, 4.69) is 15.9 Å². The number of halogens is 2. The zero-order chi connectivity index (χ0) is 14.5. The van der Waals surface area contributed by atoms with E-state index in [4.69, 9.17) is 4.74 Å². The fourth-order valence-electron chi connectivity index (χ4n) is 1.71. The van der Waals surface area contributed by atoms with Crippen molar-refractivity contribution < 1.29 is 13.9 Å². The van der Waals surface area contributed by atoms with Crippen LogP contribution in [0.4, 0.5) is 4.39 Å². The Morgan fingerprint density at radius 3 is 2.55 bits per heavy atom. The number of ketones is 1. The van der Waals surface area contributed by atoms with Crippen molar-refractivity contribution in [3.05, 3.63) is 70.0 Å². The standard InChI is InChI=1S/C16H12BrFO2/c1-20-16-9-5-13(17)10-12(16)4-8-15(19)11-2-6-14(18)7-3-11/h2-10H,1H3/b8-4+. The quantitative estimate of drug-likeness (QED) is 0.608. The fraction of sp³-hybridized carbons (Fsp3) is 0.0625. The van der Waals surface area contributed by atoms with Gasteiger partial charge in [0.1, 0.15) is 11.6 Å². The molecule has 0 saturated heterocycles. The maximum atomic E-state index is 12.8. The highest BCUT2D eigenvalue weighted by Crippen LogP contribution is 2.24. The van der Waals surface area contributed by atoms with Crippen LogP contribution in [-0.2, 0) is 0 Å². The Morgan fingerprint density at radius 2 is 1.90 bits per heavy atom. The van der Waals surface area contributed by atoms with Crippen molar-refractivity contribution in [2.45, 2.75) is 0 Å². The first-order valence-electron chi connectivity index (χ1n) is 5.91. The summed E-state index contributed by atoms with van der Waals surface area (Å²) in [5, 5.41) is 0. The highest BCUT2D eigenvalue weighted by Gasteiger charge is 2.04. The molecule has 2 aromatic rings. The second-order valence-corrected chi connectivity index (χ2v) is 5.01. The van der Waals surface area contributed by atoms with E-state index in [0.717, 1.165) is 10.0 Å². The Kier molecular flexibility index (Phi) is 4.69. The molecule has 0 bridgehead atoms. The SMILES string of the molecule is COc1ccc(Br)cc1/C=C/C(=O)c1ccc(F)cc1. The average molecular weight is 335 g/mol. The van der Waals surface area contributed by atoms with Gasteiger partial charge in [0.15, 0.2) is 5.78 Å².